The van der Waals surface area contributed by atoms with Gasteiger partial charge in [-0.25, -0.2) is 4.98 Å². The molecule has 3 rings (SSSR count). The number of carbonyl (C=O) groups is 1. The summed E-state index contributed by atoms with van der Waals surface area (Å²) in [6, 6.07) is 7.35. The Kier molecular flexibility index (Phi) is 4.55. The first kappa shape index (κ1) is 17.1. The Labute approximate surface area is 145 Å². The van der Waals surface area contributed by atoms with Crippen LogP contribution in [0.1, 0.15) is 28.9 Å². The van der Waals surface area contributed by atoms with E-state index in [4.69, 9.17) is 9.72 Å². The quantitative estimate of drug-likeness (QED) is 0.671. The Bertz CT molecular complexity index is 975. The van der Waals surface area contributed by atoms with Crippen LogP contribution in [0, 0.1) is 6.92 Å². The van der Waals surface area contributed by atoms with E-state index in [2.05, 4.69) is 11.5 Å². The summed E-state index contributed by atoms with van der Waals surface area (Å²) in [5.74, 6) is 0.751. The molecule has 0 N–H and O–H groups in total. The molecule has 0 fully saturated rings. The second-order valence-electron chi connectivity index (χ2n) is 6.30. The third-order valence-electron chi connectivity index (χ3n) is 4.32. The van der Waals surface area contributed by atoms with Gasteiger partial charge in [-0.2, -0.15) is 0 Å². The highest BCUT2D eigenvalue weighted by molar-refractivity contribution is 5.87. The number of aryl methyl sites for hydroxylation is 2. The predicted octanol–water partition coefficient (Wildman–Crippen LogP) is 2.73. The Hall–Kier alpha value is -2.73. The van der Waals surface area contributed by atoms with Crippen molar-refractivity contribution in [3.05, 3.63) is 51.9 Å². The largest absolute Gasteiger partial charge is 0.383 e. The molecule has 0 aliphatic rings. The van der Waals surface area contributed by atoms with Crippen LogP contribution < -0.4 is 5.56 Å². The molecule has 0 unspecified atom stereocenters. The summed E-state index contributed by atoms with van der Waals surface area (Å²) in [6.07, 6.45) is 2.60. The second-order valence-corrected chi connectivity index (χ2v) is 6.30. The van der Waals surface area contributed by atoms with Gasteiger partial charge in [-0.05, 0) is 38.1 Å². The lowest BCUT2D eigenvalue weighted by Crippen LogP contribution is -2.19. The molecule has 0 aliphatic carbocycles. The van der Waals surface area contributed by atoms with Crippen LogP contribution in [-0.4, -0.2) is 34.1 Å². The number of hydrogen-bond acceptors (Lipinski definition) is 4. The van der Waals surface area contributed by atoms with E-state index in [-0.39, 0.29) is 11.6 Å². The maximum Gasteiger partial charge on any atom is 0.253 e. The summed E-state index contributed by atoms with van der Waals surface area (Å²) in [5.41, 5.74) is 3.74. The Morgan fingerprint density at radius 2 is 2.08 bits per heavy atom. The average molecular weight is 339 g/mol. The zero-order valence-electron chi connectivity index (χ0n) is 14.8. The van der Waals surface area contributed by atoms with Crippen molar-refractivity contribution < 1.29 is 9.53 Å². The molecule has 1 aromatic carbocycles. The summed E-state index contributed by atoms with van der Waals surface area (Å²) < 4.78 is 8.97. The molecule has 0 bridgehead atoms. The lowest BCUT2D eigenvalue weighted by Gasteiger charge is -2.17. The van der Waals surface area contributed by atoms with E-state index in [1.165, 1.54) is 0 Å². The summed E-state index contributed by atoms with van der Waals surface area (Å²) >= 11 is 0. The minimum atomic E-state index is -0.0282. The number of ether oxygens (including phenoxy) is 1. The van der Waals surface area contributed by atoms with E-state index in [1.54, 1.807) is 44.0 Å². The maximum atomic E-state index is 12.0. The van der Waals surface area contributed by atoms with Gasteiger partial charge in [0.2, 0.25) is 0 Å². The minimum Gasteiger partial charge on any atom is -0.383 e. The van der Waals surface area contributed by atoms with Crippen LogP contribution in [0.3, 0.4) is 0 Å². The van der Waals surface area contributed by atoms with Crippen LogP contribution >= 0.6 is 0 Å². The summed E-state index contributed by atoms with van der Waals surface area (Å²) in [5, 5.41) is 0. The van der Waals surface area contributed by atoms with Crippen molar-refractivity contribution in [2.45, 2.75) is 19.9 Å². The molecule has 0 radical (unpaired) electrons. The highest BCUT2D eigenvalue weighted by Crippen LogP contribution is 2.29. The van der Waals surface area contributed by atoms with Crippen LogP contribution in [0.25, 0.3) is 22.4 Å². The molecule has 0 aliphatic heterocycles. The van der Waals surface area contributed by atoms with Gasteiger partial charge >= 0.3 is 0 Å². The molecular formula is C19H21N3O3. The van der Waals surface area contributed by atoms with Gasteiger partial charge < -0.3 is 13.9 Å². The van der Waals surface area contributed by atoms with E-state index in [1.807, 2.05) is 12.1 Å². The van der Waals surface area contributed by atoms with Crippen LogP contribution in [0.15, 0.2) is 35.3 Å². The lowest BCUT2D eigenvalue weighted by molar-refractivity contribution is 0.112. The Balaban J connectivity index is 2.31. The normalized spacial score (nSPS) is 12.5. The van der Waals surface area contributed by atoms with Gasteiger partial charge in [0, 0.05) is 37.0 Å². The molecule has 1 atom stereocenters. The molecule has 6 nitrogen and oxygen atoms in total. The number of hydrogen-bond donors (Lipinski definition) is 0. The van der Waals surface area contributed by atoms with Crippen molar-refractivity contribution in [1.29, 1.82) is 0 Å². The molecule has 0 saturated heterocycles. The molecule has 0 spiro atoms. The number of rotatable bonds is 5. The molecule has 130 valence electrons. The molecule has 3 aromatic rings. The van der Waals surface area contributed by atoms with Crippen LogP contribution in [0.5, 0.6) is 0 Å². The smallest absolute Gasteiger partial charge is 0.253 e. The molecule has 0 amide bonds. The van der Waals surface area contributed by atoms with Gasteiger partial charge in [0.05, 0.1) is 23.7 Å². The number of imidazole rings is 1. The molecule has 2 aromatic heterocycles. The summed E-state index contributed by atoms with van der Waals surface area (Å²) in [7, 11) is 3.39. The van der Waals surface area contributed by atoms with Crippen LogP contribution in [0.2, 0.25) is 0 Å². The zero-order chi connectivity index (χ0) is 18.1. The predicted molar refractivity (Wildman–Crippen MR) is 97.1 cm³/mol. The van der Waals surface area contributed by atoms with Crippen molar-refractivity contribution in [3.63, 3.8) is 0 Å². The van der Waals surface area contributed by atoms with Crippen molar-refractivity contribution in [2.75, 3.05) is 13.7 Å². The highest BCUT2D eigenvalue weighted by Gasteiger charge is 2.18. The molecule has 2 heterocycles. The summed E-state index contributed by atoms with van der Waals surface area (Å²) in [4.78, 5) is 27.8. The number of methoxy groups -OCH3 is 1. The number of nitrogens with zero attached hydrogens (tertiary/aromatic N) is 3. The number of pyridine rings is 1. The fourth-order valence-corrected chi connectivity index (χ4v) is 3.15. The second kappa shape index (κ2) is 6.64. The monoisotopic (exact) mass is 339 g/mol. The van der Waals surface area contributed by atoms with E-state index in [0.717, 1.165) is 28.7 Å². The fourth-order valence-electron chi connectivity index (χ4n) is 3.15. The first-order valence-corrected chi connectivity index (χ1v) is 8.10. The molecular weight excluding hydrogens is 318 g/mol. The number of fused-ring (bicyclic) bond motifs is 1. The third kappa shape index (κ3) is 3.00. The Morgan fingerprint density at radius 3 is 2.72 bits per heavy atom. The first-order chi connectivity index (χ1) is 12.0. The number of carbonyl (C=O) groups excluding carboxylic acids is 1. The van der Waals surface area contributed by atoms with E-state index in [9.17, 15) is 9.59 Å². The van der Waals surface area contributed by atoms with Crippen molar-refractivity contribution in [1.82, 2.24) is 14.1 Å². The average Bonchev–Trinajstić information content (AvgIpc) is 2.97. The number of aromatic nitrogens is 3. The Morgan fingerprint density at radius 1 is 1.32 bits per heavy atom. The minimum absolute atomic E-state index is 0.0282. The van der Waals surface area contributed by atoms with Gasteiger partial charge in [-0.1, -0.05) is 0 Å². The number of benzene rings is 1. The maximum absolute atomic E-state index is 12.0. The topological polar surface area (TPSA) is 66.1 Å². The first-order valence-electron chi connectivity index (χ1n) is 8.10. The fraction of sp³-hybridized carbons (Fsp3) is 0.316. The van der Waals surface area contributed by atoms with E-state index in [0.29, 0.717) is 17.7 Å². The zero-order valence-corrected chi connectivity index (χ0v) is 14.8. The molecule has 0 saturated carbocycles. The van der Waals surface area contributed by atoms with Crippen molar-refractivity contribution in [2.24, 2.45) is 7.05 Å². The highest BCUT2D eigenvalue weighted by atomic mass is 16.5. The van der Waals surface area contributed by atoms with E-state index < -0.39 is 0 Å². The van der Waals surface area contributed by atoms with Crippen LogP contribution in [-0.2, 0) is 11.8 Å². The summed E-state index contributed by atoms with van der Waals surface area (Å²) in [6.45, 7) is 4.37. The van der Waals surface area contributed by atoms with Gasteiger partial charge in [0.25, 0.3) is 5.56 Å². The molecule has 25 heavy (non-hydrogen) atoms. The van der Waals surface area contributed by atoms with Gasteiger partial charge in [-0.3, -0.25) is 9.59 Å². The van der Waals surface area contributed by atoms with Crippen molar-refractivity contribution >= 4 is 17.3 Å². The van der Waals surface area contributed by atoms with E-state index >= 15 is 0 Å². The third-order valence-corrected chi connectivity index (χ3v) is 4.32. The molecule has 6 heteroatoms. The van der Waals surface area contributed by atoms with Gasteiger partial charge in [-0.15, -0.1) is 0 Å². The van der Waals surface area contributed by atoms with Crippen molar-refractivity contribution in [3.8, 4) is 11.4 Å². The SMILES string of the molecule is COC[C@H](C)n1c(-c2cc(C)c(=O)n(C)c2)nc2cc(C=O)ccc21. The lowest BCUT2D eigenvalue weighted by atomic mass is 10.2. The van der Waals surface area contributed by atoms with Gasteiger partial charge in [0.1, 0.15) is 12.1 Å². The standard InChI is InChI=1S/C19H21N3O3/c1-12-7-15(9-21(3)19(12)24)18-20-16-8-14(10-23)5-6-17(16)22(18)13(2)11-25-4/h5-10,13H,11H2,1-4H3/t13-/m0/s1. The van der Waals surface area contributed by atoms with Crippen LogP contribution in [0.4, 0.5) is 0 Å². The number of aldehydes is 1. The van der Waals surface area contributed by atoms with Gasteiger partial charge in [0.15, 0.2) is 0 Å².